The maximum Gasteiger partial charge on any atom is 0.411 e. The summed E-state index contributed by atoms with van der Waals surface area (Å²) in [5.74, 6) is -1.83. The van der Waals surface area contributed by atoms with Crippen LogP contribution in [-0.4, -0.2) is 60.4 Å². The Morgan fingerprint density at radius 1 is 1.12 bits per heavy atom. The van der Waals surface area contributed by atoms with Gasteiger partial charge in [-0.15, -0.1) is 0 Å². The van der Waals surface area contributed by atoms with Gasteiger partial charge in [-0.1, -0.05) is 24.3 Å². The number of urea groups is 1. The summed E-state index contributed by atoms with van der Waals surface area (Å²) in [4.78, 5) is 62.4. The summed E-state index contributed by atoms with van der Waals surface area (Å²) < 4.78 is 5.64. The standard InChI is InChI=1S/C22H23N5O6/c1-23-20(31)24-16-8-7-15-14(18(16)29)9-10-22(15)12-27(21(32)33-22)11-17(28)25-26-19(30)13-5-3-2-4-6-13/h2-8,14H,9-12H2,1H3,(H,25,28)(H,26,30)(H2,23,24,31)/t14?,22-/m1/s1. The Bertz CT molecular complexity index is 1080. The molecule has 0 radical (unpaired) electrons. The third kappa shape index (κ3) is 4.29. The number of nitrogens with one attached hydrogen (secondary N) is 4. The Balaban J connectivity index is 1.38. The molecule has 0 aromatic heterocycles. The summed E-state index contributed by atoms with van der Waals surface area (Å²) in [6, 6.07) is 7.86. The minimum absolute atomic E-state index is 0.105. The summed E-state index contributed by atoms with van der Waals surface area (Å²) in [5, 5.41) is 4.89. The normalized spacial score (nSPS) is 23.3. The molecule has 1 heterocycles. The molecule has 1 saturated heterocycles. The second-order valence-electron chi connectivity index (χ2n) is 7.95. The fourth-order valence-electron chi connectivity index (χ4n) is 4.30. The first-order chi connectivity index (χ1) is 15.8. The maximum absolute atomic E-state index is 12.8. The van der Waals surface area contributed by atoms with E-state index in [1.54, 1.807) is 36.4 Å². The van der Waals surface area contributed by atoms with Crippen LogP contribution >= 0.6 is 0 Å². The average molecular weight is 453 g/mol. The summed E-state index contributed by atoms with van der Waals surface area (Å²) in [7, 11) is 1.45. The van der Waals surface area contributed by atoms with Crippen LogP contribution in [-0.2, 0) is 14.3 Å². The van der Waals surface area contributed by atoms with Crippen LogP contribution in [0.1, 0.15) is 23.2 Å². The van der Waals surface area contributed by atoms with Crippen molar-refractivity contribution in [2.45, 2.75) is 18.4 Å². The predicted molar refractivity (Wildman–Crippen MR) is 114 cm³/mol. The number of amides is 5. The van der Waals surface area contributed by atoms with Gasteiger partial charge < -0.3 is 15.4 Å². The minimum atomic E-state index is -1.000. The second-order valence-corrected chi connectivity index (χ2v) is 7.95. The van der Waals surface area contributed by atoms with Gasteiger partial charge in [0.05, 0.1) is 12.2 Å². The summed E-state index contributed by atoms with van der Waals surface area (Å²) >= 11 is 0. The lowest BCUT2D eigenvalue weighted by molar-refractivity contribution is -0.122. The van der Waals surface area contributed by atoms with E-state index < -0.39 is 35.5 Å². The summed E-state index contributed by atoms with van der Waals surface area (Å²) in [5.41, 5.74) is 4.80. The highest BCUT2D eigenvalue weighted by molar-refractivity contribution is 6.03. The van der Waals surface area contributed by atoms with Crippen molar-refractivity contribution in [3.63, 3.8) is 0 Å². The Morgan fingerprint density at radius 2 is 1.88 bits per heavy atom. The van der Waals surface area contributed by atoms with Crippen LogP contribution in [0.15, 0.2) is 53.8 Å². The van der Waals surface area contributed by atoms with E-state index in [1.807, 2.05) is 0 Å². The molecule has 4 rings (SSSR count). The molecule has 1 spiro atoms. The number of hydrogen-bond donors (Lipinski definition) is 4. The van der Waals surface area contributed by atoms with Crippen LogP contribution < -0.4 is 21.5 Å². The number of carbonyl (C=O) groups excluding carboxylic acids is 5. The molecule has 2 aliphatic carbocycles. The molecule has 1 unspecified atom stereocenters. The lowest BCUT2D eigenvalue weighted by Gasteiger charge is -2.27. The molecule has 2 fully saturated rings. The second kappa shape index (κ2) is 8.77. The van der Waals surface area contributed by atoms with Crippen LogP contribution in [0.3, 0.4) is 0 Å². The molecule has 1 saturated carbocycles. The van der Waals surface area contributed by atoms with Crippen molar-refractivity contribution in [2.24, 2.45) is 5.92 Å². The van der Waals surface area contributed by atoms with E-state index in [-0.39, 0.29) is 24.6 Å². The quantitative estimate of drug-likeness (QED) is 0.485. The van der Waals surface area contributed by atoms with Gasteiger partial charge in [0.25, 0.3) is 11.8 Å². The fourth-order valence-corrected chi connectivity index (χ4v) is 4.30. The smallest absolute Gasteiger partial charge is 0.411 e. The Hall–Kier alpha value is -4.15. The Kier molecular flexibility index (Phi) is 5.86. The van der Waals surface area contributed by atoms with Crippen molar-refractivity contribution in [1.82, 2.24) is 26.4 Å². The van der Waals surface area contributed by atoms with E-state index in [4.69, 9.17) is 4.74 Å². The first kappa shape index (κ1) is 22.1. The topological polar surface area (TPSA) is 146 Å². The number of nitrogens with zero attached hydrogens (tertiary/aromatic N) is 1. The van der Waals surface area contributed by atoms with Gasteiger partial charge in [0.1, 0.15) is 6.54 Å². The fraction of sp³-hybridized carbons (Fsp3) is 0.318. The number of hydrogen-bond acceptors (Lipinski definition) is 6. The number of rotatable bonds is 4. The van der Waals surface area contributed by atoms with Gasteiger partial charge in [0, 0.05) is 18.5 Å². The average Bonchev–Trinajstić information content (AvgIpc) is 3.33. The highest BCUT2D eigenvalue weighted by atomic mass is 16.6. The largest absolute Gasteiger partial charge is 0.436 e. The van der Waals surface area contributed by atoms with Crippen LogP contribution in [0, 0.1) is 5.92 Å². The van der Waals surface area contributed by atoms with E-state index in [2.05, 4.69) is 21.5 Å². The Morgan fingerprint density at radius 3 is 2.61 bits per heavy atom. The molecular weight excluding hydrogens is 430 g/mol. The van der Waals surface area contributed by atoms with Crippen LogP contribution in [0.4, 0.5) is 9.59 Å². The van der Waals surface area contributed by atoms with Crippen molar-refractivity contribution in [3.8, 4) is 0 Å². The van der Waals surface area contributed by atoms with Gasteiger partial charge in [-0.3, -0.25) is 30.1 Å². The molecule has 33 heavy (non-hydrogen) atoms. The molecule has 1 aromatic carbocycles. The van der Waals surface area contributed by atoms with Gasteiger partial charge in [-0.2, -0.15) is 0 Å². The number of benzene rings is 1. The highest BCUT2D eigenvalue weighted by Gasteiger charge is 2.56. The lowest BCUT2D eigenvalue weighted by Crippen LogP contribution is -2.47. The number of fused-ring (bicyclic) bond motifs is 2. The number of ether oxygens (including phenoxy) is 1. The molecule has 0 bridgehead atoms. The SMILES string of the molecule is CNC(=O)NC1=CC=C2C(CC[C@@]23CN(CC(=O)NNC(=O)c2ccccc2)C(=O)O3)C1=O. The third-order valence-corrected chi connectivity index (χ3v) is 5.90. The summed E-state index contributed by atoms with van der Waals surface area (Å²) in [6.07, 6.45) is 3.40. The maximum atomic E-state index is 12.8. The first-order valence-corrected chi connectivity index (χ1v) is 10.4. The van der Waals surface area contributed by atoms with Crippen molar-refractivity contribution in [3.05, 3.63) is 59.3 Å². The van der Waals surface area contributed by atoms with E-state index in [0.29, 0.717) is 24.0 Å². The van der Waals surface area contributed by atoms with Crippen molar-refractivity contribution >= 4 is 29.7 Å². The zero-order valence-electron chi connectivity index (χ0n) is 17.8. The van der Waals surface area contributed by atoms with Gasteiger partial charge in [-0.05, 0) is 36.6 Å². The molecule has 2 atom stereocenters. The zero-order chi connectivity index (χ0) is 23.6. The van der Waals surface area contributed by atoms with Gasteiger partial charge in [0.2, 0.25) is 0 Å². The van der Waals surface area contributed by atoms with Crippen LogP contribution in [0.5, 0.6) is 0 Å². The van der Waals surface area contributed by atoms with Gasteiger partial charge in [-0.25, -0.2) is 9.59 Å². The van der Waals surface area contributed by atoms with E-state index >= 15 is 0 Å². The molecule has 5 amide bonds. The molecule has 4 N–H and O–H groups in total. The molecule has 1 aliphatic heterocycles. The zero-order valence-corrected chi connectivity index (χ0v) is 17.8. The van der Waals surface area contributed by atoms with E-state index in [1.165, 1.54) is 18.0 Å². The van der Waals surface area contributed by atoms with E-state index in [0.717, 1.165) is 0 Å². The molecule has 11 heteroatoms. The molecule has 11 nitrogen and oxygen atoms in total. The highest BCUT2D eigenvalue weighted by Crippen LogP contribution is 2.48. The van der Waals surface area contributed by atoms with Gasteiger partial charge in [0.15, 0.2) is 11.4 Å². The van der Waals surface area contributed by atoms with Crippen molar-refractivity contribution in [1.29, 1.82) is 0 Å². The molecule has 172 valence electrons. The summed E-state index contributed by atoms with van der Waals surface area (Å²) in [6.45, 7) is -0.214. The number of Topliss-reactive ketones (excluding diaryl/α,β-unsaturated/α-hetero) is 1. The lowest BCUT2D eigenvalue weighted by atomic mass is 9.85. The predicted octanol–water partition coefficient (Wildman–Crippen LogP) is 0.371. The first-order valence-electron chi connectivity index (χ1n) is 10.4. The molecular formula is C22H23N5O6. The number of ketones is 1. The number of hydrazine groups is 1. The van der Waals surface area contributed by atoms with Crippen molar-refractivity contribution in [2.75, 3.05) is 20.1 Å². The molecule has 1 aromatic rings. The van der Waals surface area contributed by atoms with Crippen LogP contribution in [0.25, 0.3) is 0 Å². The van der Waals surface area contributed by atoms with Crippen LogP contribution in [0.2, 0.25) is 0 Å². The van der Waals surface area contributed by atoms with Gasteiger partial charge >= 0.3 is 12.1 Å². The van der Waals surface area contributed by atoms with Crippen molar-refractivity contribution < 1.29 is 28.7 Å². The number of allylic oxidation sites excluding steroid dienone is 3. The minimum Gasteiger partial charge on any atom is -0.436 e. The Labute approximate surface area is 189 Å². The van der Waals surface area contributed by atoms with E-state index in [9.17, 15) is 24.0 Å². The molecule has 3 aliphatic rings. The monoisotopic (exact) mass is 453 g/mol. The number of carbonyl (C=O) groups is 5. The third-order valence-electron chi connectivity index (χ3n) is 5.90.